The molecule has 1 aliphatic heterocycles. The fourth-order valence-corrected chi connectivity index (χ4v) is 2.22. The van der Waals surface area contributed by atoms with Crippen molar-refractivity contribution in [1.29, 1.82) is 0 Å². The topological polar surface area (TPSA) is 123 Å². The molecule has 21 heavy (non-hydrogen) atoms. The Kier molecular flexibility index (Phi) is 2.72. The predicted molar refractivity (Wildman–Crippen MR) is 70.3 cm³/mol. The summed E-state index contributed by atoms with van der Waals surface area (Å²) < 4.78 is 0. The fourth-order valence-electron chi connectivity index (χ4n) is 2.22. The number of pyridine rings is 1. The van der Waals surface area contributed by atoms with Crippen LogP contribution in [0.5, 0.6) is 0 Å². The first-order valence-corrected chi connectivity index (χ1v) is 5.87. The Morgan fingerprint density at radius 3 is 2.86 bits per heavy atom. The highest BCUT2D eigenvalue weighted by Gasteiger charge is 2.38. The predicted octanol–water partition coefficient (Wildman–Crippen LogP) is 0.913. The number of carboxylic acids is 1. The Labute approximate surface area is 117 Å². The number of rotatable bonds is 2. The molecule has 0 spiro atoms. The number of carboxylic acid groups (broad SMARTS) is 1. The van der Waals surface area contributed by atoms with Crippen LogP contribution in [0.2, 0.25) is 0 Å². The molecule has 8 nitrogen and oxygen atoms in total. The number of carbonyl (C=O) groups excluding carboxylic acids is 1. The lowest BCUT2D eigenvalue weighted by molar-refractivity contribution is -0.419. The summed E-state index contributed by atoms with van der Waals surface area (Å²) in [6, 6.07) is 1.41. The van der Waals surface area contributed by atoms with Crippen LogP contribution in [-0.2, 0) is 4.79 Å². The zero-order valence-electron chi connectivity index (χ0n) is 10.4. The summed E-state index contributed by atoms with van der Waals surface area (Å²) in [5, 5.41) is 19.7. The van der Waals surface area contributed by atoms with Crippen LogP contribution in [0.15, 0.2) is 35.2 Å². The second-order valence-corrected chi connectivity index (χ2v) is 4.45. The first-order valence-electron chi connectivity index (χ1n) is 5.87. The molecule has 0 saturated carbocycles. The van der Waals surface area contributed by atoms with Gasteiger partial charge in [-0.25, -0.2) is 4.79 Å². The van der Waals surface area contributed by atoms with E-state index in [1.165, 1.54) is 18.2 Å². The molecule has 0 bridgehead atoms. The summed E-state index contributed by atoms with van der Waals surface area (Å²) in [7, 11) is 0. The van der Waals surface area contributed by atoms with E-state index in [9.17, 15) is 19.7 Å². The normalized spacial score (nSPS) is 19.2. The van der Waals surface area contributed by atoms with Crippen LogP contribution in [0.1, 0.15) is 21.6 Å². The van der Waals surface area contributed by atoms with Gasteiger partial charge in [-0.2, -0.15) is 0 Å². The monoisotopic (exact) mass is 285 g/mol. The molecule has 2 aliphatic rings. The number of aromatic carboxylic acids is 1. The molecule has 1 aromatic heterocycles. The van der Waals surface area contributed by atoms with Crippen LogP contribution in [0, 0.1) is 16.0 Å². The smallest absolute Gasteiger partial charge is 0.337 e. The van der Waals surface area contributed by atoms with Crippen molar-refractivity contribution < 1.29 is 19.6 Å². The molecule has 1 atom stereocenters. The lowest BCUT2D eigenvalue weighted by atomic mass is 9.85. The standard InChI is InChI=1S/C13H7N3O5/c17-12-8-2-1-6-3-7(13(18)19)4-14-10(6)11(8)15-5-9(12)16(20)21/h1-5,8H,(H,18,19). The Morgan fingerprint density at radius 1 is 1.43 bits per heavy atom. The minimum absolute atomic E-state index is 0.0149. The number of Topliss-reactive ketones (excluding diaryl/α,β-unsaturated/α-hetero) is 1. The molecule has 8 heteroatoms. The zero-order chi connectivity index (χ0) is 15.1. The SMILES string of the molecule is O=C(O)c1cnc2c(c1)C=CC1C(=O)C([N+](=O)[O-])=CN=C21. The number of ketones is 1. The van der Waals surface area contributed by atoms with Crippen molar-refractivity contribution in [3.8, 4) is 0 Å². The fraction of sp³-hybridized carbons (Fsp3) is 0.0769. The number of aromatic nitrogens is 1. The van der Waals surface area contributed by atoms with Gasteiger partial charge in [-0.15, -0.1) is 0 Å². The summed E-state index contributed by atoms with van der Waals surface area (Å²) in [5.74, 6) is -2.62. The molecule has 0 fully saturated rings. The van der Waals surface area contributed by atoms with E-state index >= 15 is 0 Å². The number of aliphatic imine (C=N–C) groups is 1. The number of nitro groups is 1. The molecule has 104 valence electrons. The second kappa shape index (κ2) is 4.44. The molecule has 1 unspecified atom stereocenters. The average Bonchev–Trinajstić information content (AvgIpc) is 2.46. The van der Waals surface area contributed by atoms with Gasteiger partial charge in [0.1, 0.15) is 6.20 Å². The highest BCUT2D eigenvalue weighted by atomic mass is 16.6. The van der Waals surface area contributed by atoms with Gasteiger partial charge in [-0.3, -0.25) is 24.9 Å². The van der Waals surface area contributed by atoms with Gasteiger partial charge in [0.15, 0.2) is 0 Å². The van der Waals surface area contributed by atoms with E-state index in [4.69, 9.17) is 5.11 Å². The van der Waals surface area contributed by atoms with E-state index in [0.29, 0.717) is 17.0 Å². The van der Waals surface area contributed by atoms with Gasteiger partial charge in [-0.1, -0.05) is 12.2 Å². The van der Waals surface area contributed by atoms with E-state index in [0.717, 1.165) is 12.4 Å². The van der Waals surface area contributed by atoms with Gasteiger partial charge in [-0.05, 0) is 6.07 Å². The quantitative estimate of drug-likeness (QED) is 0.636. The van der Waals surface area contributed by atoms with Crippen molar-refractivity contribution in [3.05, 3.63) is 57.2 Å². The van der Waals surface area contributed by atoms with Crippen molar-refractivity contribution in [3.63, 3.8) is 0 Å². The Hall–Kier alpha value is -3.16. The number of fused-ring (bicyclic) bond motifs is 3. The average molecular weight is 285 g/mol. The van der Waals surface area contributed by atoms with Crippen LogP contribution in [0.4, 0.5) is 0 Å². The maximum atomic E-state index is 12.0. The molecule has 1 aromatic rings. The molecule has 0 radical (unpaired) electrons. The van der Waals surface area contributed by atoms with Crippen LogP contribution in [0.3, 0.4) is 0 Å². The summed E-state index contributed by atoms with van der Waals surface area (Å²) in [6.07, 6.45) is 5.06. The summed E-state index contributed by atoms with van der Waals surface area (Å²) in [5.41, 5.74) is 0.607. The molecule has 0 aromatic carbocycles. The third-order valence-corrected chi connectivity index (χ3v) is 3.23. The molecular weight excluding hydrogens is 278 g/mol. The number of allylic oxidation sites excluding steroid dienone is 2. The molecule has 1 aliphatic carbocycles. The van der Waals surface area contributed by atoms with Crippen LogP contribution in [0.25, 0.3) is 6.08 Å². The van der Waals surface area contributed by atoms with Gasteiger partial charge in [0, 0.05) is 11.8 Å². The van der Waals surface area contributed by atoms with E-state index in [1.54, 1.807) is 0 Å². The number of hydrogen-bond donors (Lipinski definition) is 1. The first-order chi connectivity index (χ1) is 9.99. The van der Waals surface area contributed by atoms with Crippen LogP contribution < -0.4 is 0 Å². The lowest BCUT2D eigenvalue weighted by Gasteiger charge is -2.21. The first kappa shape index (κ1) is 12.9. The molecule has 0 saturated heterocycles. The van der Waals surface area contributed by atoms with Crippen LogP contribution in [-0.4, -0.2) is 32.5 Å². The highest BCUT2D eigenvalue weighted by Crippen LogP contribution is 2.28. The van der Waals surface area contributed by atoms with Crippen molar-refractivity contribution in [1.82, 2.24) is 4.98 Å². The lowest BCUT2D eigenvalue weighted by Crippen LogP contribution is -2.32. The van der Waals surface area contributed by atoms with E-state index in [1.807, 2.05) is 0 Å². The van der Waals surface area contributed by atoms with Crippen molar-refractivity contribution in [2.24, 2.45) is 10.9 Å². The van der Waals surface area contributed by atoms with E-state index in [-0.39, 0.29) is 5.56 Å². The second-order valence-electron chi connectivity index (χ2n) is 4.45. The van der Waals surface area contributed by atoms with Gasteiger partial charge in [0.25, 0.3) is 0 Å². The largest absolute Gasteiger partial charge is 0.478 e. The molecular formula is C13H7N3O5. The molecule has 1 N–H and O–H groups in total. The number of hydrogen-bond acceptors (Lipinski definition) is 6. The maximum Gasteiger partial charge on any atom is 0.337 e. The van der Waals surface area contributed by atoms with Gasteiger partial charge >= 0.3 is 11.7 Å². The molecule has 3 rings (SSSR count). The zero-order valence-corrected chi connectivity index (χ0v) is 10.4. The minimum Gasteiger partial charge on any atom is -0.478 e. The third-order valence-electron chi connectivity index (χ3n) is 3.23. The number of nitrogens with zero attached hydrogens (tertiary/aromatic N) is 3. The van der Waals surface area contributed by atoms with Gasteiger partial charge in [0.2, 0.25) is 5.78 Å². The van der Waals surface area contributed by atoms with E-state index in [2.05, 4.69) is 9.98 Å². The summed E-state index contributed by atoms with van der Waals surface area (Å²) in [6.45, 7) is 0. The third kappa shape index (κ3) is 1.93. The molecule has 2 heterocycles. The van der Waals surface area contributed by atoms with Crippen molar-refractivity contribution in [2.75, 3.05) is 0 Å². The van der Waals surface area contributed by atoms with Crippen molar-refractivity contribution >= 4 is 23.5 Å². The Bertz CT molecular complexity index is 791. The van der Waals surface area contributed by atoms with Crippen molar-refractivity contribution in [2.45, 2.75) is 0 Å². The Balaban J connectivity index is 2.13. The summed E-state index contributed by atoms with van der Waals surface area (Å²) >= 11 is 0. The number of carbonyl (C=O) groups is 2. The Morgan fingerprint density at radius 2 is 2.19 bits per heavy atom. The highest BCUT2D eigenvalue weighted by molar-refractivity contribution is 6.22. The maximum absolute atomic E-state index is 12.0. The van der Waals surface area contributed by atoms with E-state index < -0.39 is 28.3 Å². The van der Waals surface area contributed by atoms with Crippen LogP contribution >= 0.6 is 0 Å². The summed E-state index contributed by atoms with van der Waals surface area (Å²) in [4.78, 5) is 40.9. The minimum atomic E-state index is -1.11. The van der Waals surface area contributed by atoms with Gasteiger partial charge in [0.05, 0.1) is 27.8 Å². The van der Waals surface area contributed by atoms with Gasteiger partial charge < -0.3 is 5.11 Å². The molecule has 0 amide bonds.